The quantitative estimate of drug-likeness (QED) is 0.513. The Morgan fingerprint density at radius 1 is 1.25 bits per heavy atom. The van der Waals surface area contributed by atoms with Crippen LogP contribution in [0.1, 0.15) is 52.9 Å². The Hall–Kier alpha value is -0.810. The molecule has 0 aliphatic heterocycles. The van der Waals surface area contributed by atoms with E-state index in [1.54, 1.807) is 7.11 Å². The van der Waals surface area contributed by atoms with Gasteiger partial charge in [0.1, 0.15) is 0 Å². The van der Waals surface area contributed by atoms with Crippen LogP contribution in [0.3, 0.4) is 0 Å². The van der Waals surface area contributed by atoms with Gasteiger partial charge in [0.25, 0.3) is 0 Å². The smallest absolute Gasteiger partial charge is 0.191 e. The highest BCUT2D eigenvalue weighted by Gasteiger charge is 2.29. The van der Waals surface area contributed by atoms with Crippen molar-refractivity contribution in [2.75, 3.05) is 26.7 Å². The first-order chi connectivity index (χ1) is 9.41. The lowest BCUT2D eigenvalue weighted by molar-refractivity contribution is 0.00849. The number of aliphatic hydroxyl groups is 1. The van der Waals surface area contributed by atoms with Crippen molar-refractivity contribution in [2.45, 2.75) is 64.1 Å². The number of ether oxygens (including phenoxy) is 1. The largest absolute Gasteiger partial charge is 0.388 e. The average Bonchev–Trinajstić information content (AvgIpc) is 2.43. The second-order valence-corrected chi connectivity index (χ2v) is 6.30. The second kappa shape index (κ2) is 7.84. The van der Waals surface area contributed by atoms with E-state index in [-0.39, 0.29) is 5.60 Å². The van der Waals surface area contributed by atoms with Gasteiger partial charge in [0.05, 0.1) is 17.7 Å². The minimum Gasteiger partial charge on any atom is -0.388 e. The van der Waals surface area contributed by atoms with Crippen LogP contribution in [0.4, 0.5) is 0 Å². The summed E-state index contributed by atoms with van der Waals surface area (Å²) in [4.78, 5) is 4.53. The Balaban J connectivity index is 2.51. The van der Waals surface area contributed by atoms with Crippen molar-refractivity contribution in [1.29, 1.82) is 0 Å². The summed E-state index contributed by atoms with van der Waals surface area (Å²) in [5.41, 5.74) is -0.852. The lowest BCUT2D eigenvalue weighted by Gasteiger charge is -2.32. The summed E-state index contributed by atoms with van der Waals surface area (Å²) in [6.45, 7) is 8.00. The number of guanidine groups is 1. The van der Waals surface area contributed by atoms with Gasteiger partial charge >= 0.3 is 0 Å². The van der Waals surface area contributed by atoms with Crippen LogP contribution in [-0.4, -0.2) is 49.0 Å². The molecule has 0 radical (unpaired) electrons. The average molecular weight is 285 g/mol. The number of methoxy groups -OCH3 is 1. The molecule has 0 aromatic heterocycles. The van der Waals surface area contributed by atoms with Crippen LogP contribution in [0.2, 0.25) is 0 Å². The second-order valence-electron chi connectivity index (χ2n) is 6.30. The molecule has 118 valence electrons. The van der Waals surface area contributed by atoms with Gasteiger partial charge in [0.2, 0.25) is 0 Å². The summed E-state index contributed by atoms with van der Waals surface area (Å²) in [5.74, 6) is 0.747. The molecule has 0 heterocycles. The lowest BCUT2D eigenvalue weighted by atomic mass is 9.85. The van der Waals surface area contributed by atoms with Crippen LogP contribution in [0, 0.1) is 0 Å². The minimum atomic E-state index is -0.578. The molecule has 1 aliphatic carbocycles. The van der Waals surface area contributed by atoms with E-state index in [1.807, 2.05) is 20.8 Å². The predicted octanol–water partition coefficient (Wildman–Crippen LogP) is 1.66. The molecule has 1 rings (SSSR count). The minimum absolute atomic E-state index is 0.274. The normalized spacial score (nSPS) is 19.8. The molecule has 0 aromatic carbocycles. The van der Waals surface area contributed by atoms with E-state index in [2.05, 4.69) is 15.6 Å². The predicted molar refractivity (Wildman–Crippen MR) is 83.1 cm³/mol. The van der Waals surface area contributed by atoms with Crippen molar-refractivity contribution in [3.63, 3.8) is 0 Å². The highest BCUT2D eigenvalue weighted by molar-refractivity contribution is 5.79. The molecular weight excluding hydrogens is 254 g/mol. The molecule has 0 atom stereocenters. The van der Waals surface area contributed by atoms with Gasteiger partial charge in [-0.1, -0.05) is 19.3 Å². The third-order valence-corrected chi connectivity index (χ3v) is 3.88. The molecule has 3 N–H and O–H groups in total. The molecule has 1 saturated carbocycles. The van der Waals surface area contributed by atoms with Gasteiger partial charge in [-0.2, -0.15) is 0 Å². The molecule has 0 unspecified atom stereocenters. The third-order valence-electron chi connectivity index (χ3n) is 3.88. The summed E-state index contributed by atoms with van der Waals surface area (Å²) < 4.78 is 5.37. The molecule has 0 amide bonds. The van der Waals surface area contributed by atoms with Crippen LogP contribution < -0.4 is 10.6 Å². The topological polar surface area (TPSA) is 65.9 Å². The van der Waals surface area contributed by atoms with Crippen LogP contribution in [0.5, 0.6) is 0 Å². The van der Waals surface area contributed by atoms with Gasteiger partial charge < -0.3 is 20.5 Å². The van der Waals surface area contributed by atoms with Gasteiger partial charge in [0.15, 0.2) is 5.96 Å². The zero-order valence-corrected chi connectivity index (χ0v) is 13.5. The van der Waals surface area contributed by atoms with Crippen molar-refractivity contribution in [2.24, 2.45) is 4.99 Å². The summed E-state index contributed by atoms with van der Waals surface area (Å²) in [6.07, 6.45) is 5.22. The van der Waals surface area contributed by atoms with Gasteiger partial charge in [-0.3, -0.25) is 4.99 Å². The van der Waals surface area contributed by atoms with Crippen LogP contribution in [-0.2, 0) is 4.74 Å². The first-order valence-electron chi connectivity index (χ1n) is 7.70. The van der Waals surface area contributed by atoms with Crippen molar-refractivity contribution in [3.8, 4) is 0 Å². The van der Waals surface area contributed by atoms with Crippen molar-refractivity contribution in [3.05, 3.63) is 0 Å². The first-order valence-corrected chi connectivity index (χ1v) is 7.70. The third kappa shape index (κ3) is 6.09. The van der Waals surface area contributed by atoms with Gasteiger partial charge in [-0.15, -0.1) is 0 Å². The standard InChI is InChI=1S/C15H31N3O2/c1-5-16-13(17-11-14(2,3)20-4)18-12-15(19)9-7-6-8-10-15/h19H,5-12H2,1-4H3,(H2,16,17,18). The Kier molecular flexibility index (Phi) is 6.76. The molecule has 20 heavy (non-hydrogen) atoms. The molecule has 0 spiro atoms. The molecule has 0 aromatic rings. The SMILES string of the molecule is CCNC(=NCC(C)(C)OC)NCC1(O)CCCCC1. The maximum atomic E-state index is 10.5. The fourth-order valence-electron chi connectivity index (χ4n) is 2.31. The van der Waals surface area contributed by atoms with E-state index >= 15 is 0 Å². The maximum Gasteiger partial charge on any atom is 0.191 e. The van der Waals surface area contributed by atoms with Gasteiger partial charge in [-0.05, 0) is 33.6 Å². The van der Waals surface area contributed by atoms with E-state index in [9.17, 15) is 5.11 Å². The van der Waals surface area contributed by atoms with E-state index in [1.165, 1.54) is 6.42 Å². The summed E-state index contributed by atoms with van der Waals surface area (Å²) in [6, 6.07) is 0. The van der Waals surface area contributed by atoms with Crippen molar-refractivity contribution in [1.82, 2.24) is 10.6 Å². The van der Waals surface area contributed by atoms with E-state index in [0.29, 0.717) is 13.1 Å². The number of rotatable bonds is 6. The number of nitrogens with zero attached hydrogens (tertiary/aromatic N) is 1. The van der Waals surface area contributed by atoms with Crippen molar-refractivity contribution < 1.29 is 9.84 Å². The Bertz CT molecular complexity index is 310. The number of aliphatic imine (C=N–C) groups is 1. The Labute approximate surface area is 123 Å². The molecule has 5 heteroatoms. The van der Waals surface area contributed by atoms with Crippen LogP contribution in [0.25, 0.3) is 0 Å². The summed E-state index contributed by atoms with van der Waals surface area (Å²) in [7, 11) is 1.70. The highest BCUT2D eigenvalue weighted by atomic mass is 16.5. The molecule has 0 saturated heterocycles. The summed E-state index contributed by atoms with van der Waals surface area (Å²) >= 11 is 0. The Morgan fingerprint density at radius 3 is 2.45 bits per heavy atom. The van der Waals surface area contributed by atoms with Crippen LogP contribution in [0.15, 0.2) is 4.99 Å². The zero-order chi connectivity index (χ0) is 15.1. The number of hydrogen-bond acceptors (Lipinski definition) is 3. The molecule has 1 fully saturated rings. The first kappa shape index (κ1) is 17.2. The number of hydrogen-bond donors (Lipinski definition) is 3. The molecular formula is C15H31N3O2. The zero-order valence-electron chi connectivity index (χ0n) is 13.5. The van der Waals surface area contributed by atoms with E-state index in [0.717, 1.165) is 38.2 Å². The van der Waals surface area contributed by atoms with Gasteiger partial charge in [-0.25, -0.2) is 0 Å². The maximum absolute atomic E-state index is 10.5. The van der Waals surface area contributed by atoms with E-state index in [4.69, 9.17) is 4.74 Å². The van der Waals surface area contributed by atoms with Gasteiger partial charge in [0, 0.05) is 20.2 Å². The molecule has 5 nitrogen and oxygen atoms in total. The van der Waals surface area contributed by atoms with Crippen molar-refractivity contribution >= 4 is 5.96 Å². The molecule has 1 aliphatic rings. The lowest BCUT2D eigenvalue weighted by Crippen LogP contribution is -2.48. The fourth-order valence-corrected chi connectivity index (χ4v) is 2.31. The Morgan fingerprint density at radius 2 is 1.90 bits per heavy atom. The van der Waals surface area contributed by atoms with E-state index < -0.39 is 5.60 Å². The fraction of sp³-hybridized carbons (Fsp3) is 0.933. The van der Waals surface area contributed by atoms with Crippen LogP contribution >= 0.6 is 0 Å². The molecule has 0 bridgehead atoms. The highest BCUT2D eigenvalue weighted by Crippen LogP contribution is 2.27. The monoisotopic (exact) mass is 285 g/mol. The summed E-state index contributed by atoms with van der Waals surface area (Å²) in [5, 5.41) is 17.0. The number of nitrogens with one attached hydrogen (secondary N) is 2.